The molecule has 1 aromatic heterocycles. The van der Waals surface area contributed by atoms with Crippen molar-refractivity contribution in [3.8, 4) is 5.75 Å². The van der Waals surface area contributed by atoms with E-state index >= 15 is 0 Å². The van der Waals surface area contributed by atoms with E-state index in [1.165, 1.54) is 12.0 Å². The molecule has 1 aliphatic heterocycles. The zero-order valence-corrected chi connectivity index (χ0v) is 17.8. The van der Waals surface area contributed by atoms with Crippen molar-refractivity contribution in [2.75, 3.05) is 33.3 Å². The van der Waals surface area contributed by atoms with Gasteiger partial charge in [-0.3, -0.25) is 9.59 Å². The average Bonchev–Trinajstić information content (AvgIpc) is 3.29. The first-order valence-electron chi connectivity index (χ1n) is 10.1. The number of amides is 1. The summed E-state index contributed by atoms with van der Waals surface area (Å²) in [6.07, 6.45) is 0. The molecule has 30 heavy (non-hydrogen) atoms. The Morgan fingerprint density at radius 3 is 2.53 bits per heavy atom. The average molecular weight is 412 g/mol. The van der Waals surface area contributed by atoms with Crippen LogP contribution in [0.5, 0.6) is 5.75 Å². The van der Waals surface area contributed by atoms with Crippen LogP contribution in [-0.2, 0) is 9.59 Å². The quantitative estimate of drug-likeness (QED) is 0.407. The van der Waals surface area contributed by atoms with Crippen LogP contribution in [0.2, 0.25) is 0 Å². The number of hydrogen-bond donors (Lipinski definition) is 1. The minimum atomic E-state index is -0.777. The number of ether oxygens (including phenoxy) is 1. The third kappa shape index (κ3) is 4.11. The Morgan fingerprint density at radius 1 is 1.20 bits per heavy atom. The number of ketones is 1. The number of aryl methyl sites for hydroxylation is 1. The number of likely N-dealkylation sites (N-methyl/N-ethyl adjacent to an activating group) is 1. The summed E-state index contributed by atoms with van der Waals surface area (Å²) >= 11 is 0. The first-order valence-corrected chi connectivity index (χ1v) is 10.1. The smallest absolute Gasteiger partial charge is 0.295 e. The van der Waals surface area contributed by atoms with Crippen molar-refractivity contribution in [3.63, 3.8) is 0 Å². The molecule has 0 saturated carbocycles. The molecule has 1 N–H and O–H groups in total. The van der Waals surface area contributed by atoms with Gasteiger partial charge in [0.25, 0.3) is 11.7 Å². The fourth-order valence-corrected chi connectivity index (χ4v) is 3.72. The lowest BCUT2D eigenvalue weighted by atomic mass is 9.99. The Labute approximate surface area is 176 Å². The summed E-state index contributed by atoms with van der Waals surface area (Å²) in [7, 11) is 1.52. The first kappa shape index (κ1) is 21.6. The Kier molecular flexibility index (Phi) is 6.62. The summed E-state index contributed by atoms with van der Waals surface area (Å²) < 4.78 is 11.0. The maximum Gasteiger partial charge on any atom is 0.295 e. The van der Waals surface area contributed by atoms with E-state index in [4.69, 9.17) is 9.15 Å². The summed E-state index contributed by atoms with van der Waals surface area (Å²) in [4.78, 5) is 29.5. The number of aliphatic hydroxyl groups excluding tert-OH is 1. The Bertz CT molecular complexity index is 958. The van der Waals surface area contributed by atoms with Crippen LogP contribution in [0.3, 0.4) is 0 Å². The van der Waals surface area contributed by atoms with Crippen LogP contribution in [0.1, 0.15) is 37.0 Å². The summed E-state index contributed by atoms with van der Waals surface area (Å²) in [5.41, 5.74) is 0.437. The van der Waals surface area contributed by atoms with Gasteiger partial charge in [-0.15, -0.1) is 0 Å². The lowest BCUT2D eigenvalue weighted by Gasteiger charge is -2.26. The van der Waals surface area contributed by atoms with E-state index in [-0.39, 0.29) is 11.3 Å². The van der Waals surface area contributed by atoms with E-state index in [1.54, 1.807) is 43.3 Å². The van der Waals surface area contributed by atoms with E-state index in [0.717, 1.165) is 13.1 Å². The summed E-state index contributed by atoms with van der Waals surface area (Å²) in [6, 6.07) is 9.51. The molecular formula is C23H28N2O5. The van der Waals surface area contributed by atoms with Gasteiger partial charge in [0.1, 0.15) is 29.1 Å². The molecule has 0 radical (unpaired) electrons. The Balaban J connectivity index is 2.07. The number of furan rings is 1. The molecule has 0 unspecified atom stereocenters. The number of hydrogen-bond acceptors (Lipinski definition) is 6. The van der Waals surface area contributed by atoms with Gasteiger partial charge in [0.2, 0.25) is 0 Å². The highest BCUT2D eigenvalue weighted by molar-refractivity contribution is 6.46. The predicted molar refractivity (Wildman–Crippen MR) is 113 cm³/mol. The van der Waals surface area contributed by atoms with Crippen LogP contribution in [0.4, 0.5) is 0 Å². The summed E-state index contributed by atoms with van der Waals surface area (Å²) in [6.45, 7) is 8.56. The summed E-state index contributed by atoms with van der Waals surface area (Å²) in [5, 5.41) is 11.0. The van der Waals surface area contributed by atoms with Crippen molar-refractivity contribution >= 4 is 17.4 Å². The number of aliphatic hydroxyl groups is 1. The molecule has 1 saturated heterocycles. The number of likely N-dealkylation sites (tertiary alicyclic amines) is 1. The van der Waals surface area contributed by atoms with Crippen molar-refractivity contribution in [2.24, 2.45) is 0 Å². The van der Waals surface area contributed by atoms with Crippen LogP contribution in [0.15, 0.2) is 46.4 Å². The molecule has 3 rings (SSSR count). The monoisotopic (exact) mass is 412 g/mol. The van der Waals surface area contributed by atoms with Crippen molar-refractivity contribution in [1.29, 1.82) is 0 Å². The molecule has 1 amide bonds. The van der Waals surface area contributed by atoms with E-state index in [1.807, 2.05) is 13.8 Å². The van der Waals surface area contributed by atoms with E-state index in [0.29, 0.717) is 35.9 Å². The van der Waals surface area contributed by atoms with E-state index in [9.17, 15) is 14.7 Å². The minimum Gasteiger partial charge on any atom is -0.507 e. The van der Waals surface area contributed by atoms with Crippen molar-refractivity contribution in [1.82, 2.24) is 9.80 Å². The van der Waals surface area contributed by atoms with E-state index in [2.05, 4.69) is 4.90 Å². The molecule has 0 aliphatic carbocycles. The predicted octanol–water partition coefficient (Wildman–Crippen LogP) is 3.36. The molecule has 2 aromatic rings. The fraction of sp³-hybridized carbons (Fsp3) is 0.391. The third-order valence-corrected chi connectivity index (χ3v) is 5.47. The number of carbonyl (C=O) groups is 2. The number of benzene rings is 1. The second kappa shape index (κ2) is 9.17. The zero-order chi connectivity index (χ0) is 21.8. The van der Waals surface area contributed by atoms with E-state index < -0.39 is 17.7 Å². The molecule has 1 aliphatic rings. The molecule has 7 heteroatoms. The van der Waals surface area contributed by atoms with Gasteiger partial charge >= 0.3 is 0 Å². The number of carbonyl (C=O) groups excluding carboxylic acids is 2. The number of nitrogens with zero attached hydrogens (tertiary/aromatic N) is 2. The topological polar surface area (TPSA) is 83.2 Å². The molecule has 2 heterocycles. The van der Waals surface area contributed by atoms with Gasteiger partial charge in [0.15, 0.2) is 0 Å². The van der Waals surface area contributed by atoms with Crippen molar-refractivity contribution < 1.29 is 23.8 Å². The molecular weight excluding hydrogens is 384 g/mol. The summed E-state index contributed by atoms with van der Waals surface area (Å²) in [5.74, 6) is 0.0767. The standard InChI is InChI=1S/C23H28N2O5/c1-5-24(6-2)12-13-25-20(18-11-10-15(3)30-18)19(22(27)23(25)28)21(26)16-8-7-9-17(14-16)29-4/h7-11,14,20,26H,5-6,12-13H2,1-4H3/t20-/m1/s1. The molecule has 7 nitrogen and oxygen atoms in total. The number of rotatable bonds is 8. The second-order valence-electron chi connectivity index (χ2n) is 7.20. The van der Waals surface area contributed by atoms with Gasteiger partial charge in [-0.1, -0.05) is 26.0 Å². The lowest BCUT2D eigenvalue weighted by molar-refractivity contribution is -0.140. The maximum atomic E-state index is 13.0. The highest BCUT2D eigenvalue weighted by Crippen LogP contribution is 2.40. The first-order chi connectivity index (χ1) is 14.4. The number of methoxy groups -OCH3 is 1. The zero-order valence-electron chi connectivity index (χ0n) is 17.8. The van der Waals surface area contributed by atoms with Gasteiger partial charge in [-0.25, -0.2) is 0 Å². The second-order valence-corrected chi connectivity index (χ2v) is 7.20. The van der Waals surface area contributed by atoms with Crippen LogP contribution in [-0.4, -0.2) is 59.9 Å². The Hall–Kier alpha value is -3.06. The van der Waals surface area contributed by atoms with Gasteiger partial charge in [-0.05, 0) is 44.3 Å². The van der Waals surface area contributed by atoms with Crippen molar-refractivity contribution in [2.45, 2.75) is 26.8 Å². The van der Waals surface area contributed by atoms with Crippen molar-refractivity contribution in [3.05, 3.63) is 59.1 Å². The molecule has 0 spiro atoms. The maximum absolute atomic E-state index is 13.0. The highest BCUT2D eigenvalue weighted by atomic mass is 16.5. The van der Waals surface area contributed by atoms with Crippen LogP contribution in [0.25, 0.3) is 5.76 Å². The van der Waals surface area contributed by atoms with Crippen LogP contribution < -0.4 is 4.74 Å². The SMILES string of the molecule is CCN(CC)CCN1C(=O)C(=O)C(=C(O)c2cccc(OC)c2)[C@H]1c1ccc(C)o1. The largest absolute Gasteiger partial charge is 0.507 e. The molecule has 0 bridgehead atoms. The van der Waals surface area contributed by atoms with Gasteiger partial charge in [-0.2, -0.15) is 0 Å². The minimum absolute atomic E-state index is 0.0298. The fourth-order valence-electron chi connectivity index (χ4n) is 3.72. The third-order valence-electron chi connectivity index (χ3n) is 5.47. The molecule has 1 aromatic carbocycles. The highest BCUT2D eigenvalue weighted by Gasteiger charge is 2.47. The molecule has 1 fully saturated rings. The van der Waals surface area contributed by atoms with Gasteiger partial charge in [0, 0.05) is 18.7 Å². The van der Waals surface area contributed by atoms with Gasteiger partial charge < -0.3 is 24.1 Å². The van der Waals surface area contributed by atoms with Gasteiger partial charge in [0.05, 0.1) is 12.7 Å². The lowest BCUT2D eigenvalue weighted by Crippen LogP contribution is -2.37. The number of Topliss-reactive ketones (excluding diaryl/α,β-unsaturated/α-hetero) is 1. The van der Waals surface area contributed by atoms with Crippen LogP contribution in [0, 0.1) is 6.92 Å². The Morgan fingerprint density at radius 2 is 1.93 bits per heavy atom. The normalized spacial score (nSPS) is 18.4. The molecule has 160 valence electrons. The van der Waals surface area contributed by atoms with Crippen LogP contribution >= 0.6 is 0 Å². The molecule has 1 atom stereocenters.